The number of H-pyrrole nitrogens is 1. The fourth-order valence-electron chi connectivity index (χ4n) is 2.80. The molecule has 0 atom stereocenters. The van der Waals surface area contributed by atoms with Gasteiger partial charge in [0.25, 0.3) is 10.0 Å². The van der Waals surface area contributed by atoms with Crippen molar-refractivity contribution in [3.8, 4) is 10.7 Å². The van der Waals surface area contributed by atoms with Crippen molar-refractivity contribution in [3.05, 3.63) is 52.9 Å². The molecule has 0 unspecified atom stereocenters. The van der Waals surface area contributed by atoms with Crippen molar-refractivity contribution in [1.29, 1.82) is 0 Å². The molecule has 0 fully saturated rings. The quantitative estimate of drug-likeness (QED) is 0.482. The summed E-state index contributed by atoms with van der Waals surface area (Å²) in [5.74, 6) is 0. The van der Waals surface area contributed by atoms with Crippen LogP contribution in [0.5, 0.6) is 0 Å². The van der Waals surface area contributed by atoms with Crippen molar-refractivity contribution < 1.29 is 13.2 Å². The molecule has 0 bridgehead atoms. The highest BCUT2D eigenvalue weighted by Gasteiger charge is 2.24. The van der Waals surface area contributed by atoms with Crippen LogP contribution in [0.3, 0.4) is 0 Å². The molecule has 6 nitrogen and oxygen atoms in total. The van der Waals surface area contributed by atoms with E-state index in [4.69, 9.17) is 0 Å². The number of carbonyl (C=O) groups is 1. The molecule has 0 radical (unpaired) electrons. The predicted octanol–water partition coefficient (Wildman–Crippen LogP) is 3.92. The van der Waals surface area contributed by atoms with Crippen molar-refractivity contribution in [3.63, 3.8) is 0 Å². The lowest BCUT2D eigenvalue weighted by Gasteiger charge is -2.19. The number of para-hydroxylation sites is 1. The molecule has 3 heterocycles. The summed E-state index contributed by atoms with van der Waals surface area (Å²) in [4.78, 5) is 18.4. The van der Waals surface area contributed by atoms with E-state index in [9.17, 15) is 13.2 Å². The molecule has 27 heavy (non-hydrogen) atoms. The number of sulfonamides is 1. The van der Waals surface area contributed by atoms with Gasteiger partial charge in [0.15, 0.2) is 0 Å². The number of hydrogen-bond acceptors (Lipinski definition) is 6. The number of thiophene rings is 1. The summed E-state index contributed by atoms with van der Waals surface area (Å²) in [5, 5.41) is 5.25. The molecule has 138 valence electrons. The maximum absolute atomic E-state index is 12.9. The summed E-state index contributed by atoms with van der Waals surface area (Å²) in [6.07, 6.45) is 1.11. The van der Waals surface area contributed by atoms with Gasteiger partial charge in [0.1, 0.15) is 15.5 Å². The van der Waals surface area contributed by atoms with Gasteiger partial charge in [-0.15, -0.1) is 22.7 Å². The number of aromatic amines is 1. The molecule has 1 N–H and O–H groups in total. The number of hydrogen-bond donors (Lipinski definition) is 1. The van der Waals surface area contributed by atoms with E-state index in [1.54, 1.807) is 30.6 Å². The SMILES string of the molecule is CN(c1cccc2cc(-c3nc(CC=O)cs3)[nH]c12)S(=O)(=O)c1cccs1. The van der Waals surface area contributed by atoms with Gasteiger partial charge in [-0.1, -0.05) is 18.2 Å². The van der Waals surface area contributed by atoms with Gasteiger partial charge in [-0.25, -0.2) is 13.4 Å². The predicted molar refractivity (Wildman–Crippen MR) is 109 cm³/mol. The average molecular weight is 418 g/mol. The summed E-state index contributed by atoms with van der Waals surface area (Å²) in [6, 6.07) is 10.8. The fraction of sp³-hybridized carbons (Fsp3) is 0.111. The molecule has 0 saturated heterocycles. The van der Waals surface area contributed by atoms with Crippen molar-refractivity contribution in [1.82, 2.24) is 9.97 Å². The summed E-state index contributed by atoms with van der Waals surface area (Å²) in [7, 11) is -2.07. The van der Waals surface area contributed by atoms with Gasteiger partial charge in [-0.05, 0) is 23.6 Å². The number of nitrogens with zero attached hydrogens (tertiary/aromatic N) is 2. The minimum Gasteiger partial charge on any atom is -0.351 e. The molecule has 0 saturated carbocycles. The Kier molecular flexibility index (Phi) is 4.58. The van der Waals surface area contributed by atoms with Crippen LogP contribution in [0.4, 0.5) is 5.69 Å². The topological polar surface area (TPSA) is 83.1 Å². The highest BCUT2D eigenvalue weighted by molar-refractivity contribution is 7.94. The summed E-state index contributed by atoms with van der Waals surface area (Å²) < 4.78 is 27.3. The van der Waals surface area contributed by atoms with Crippen LogP contribution < -0.4 is 4.31 Å². The molecule has 1 aromatic carbocycles. The largest absolute Gasteiger partial charge is 0.351 e. The van der Waals surface area contributed by atoms with Gasteiger partial charge in [0.05, 0.1) is 22.6 Å². The first-order valence-electron chi connectivity index (χ1n) is 8.03. The molecule has 4 aromatic rings. The maximum Gasteiger partial charge on any atom is 0.273 e. The van der Waals surface area contributed by atoms with E-state index in [1.165, 1.54) is 27.0 Å². The van der Waals surface area contributed by atoms with E-state index in [0.29, 0.717) is 9.90 Å². The van der Waals surface area contributed by atoms with Crippen LogP contribution in [-0.4, -0.2) is 31.7 Å². The Balaban J connectivity index is 1.78. The van der Waals surface area contributed by atoms with Crippen molar-refractivity contribution in [2.24, 2.45) is 0 Å². The number of thiazole rings is 1. The molecule has 0 aliphatic carbocycles. The summed E-state index contributed by atoms with van der Waals surface area (Å²) in [6.45, 7) is 0. The minimum absolute atomic E-state index is 0.282. The van der Waals surface area contributed by atoms with Crippen LogP contribution in [0.1, 0.15) is 5.69 Å². The van der Waals surface area contributed by atoms with Crippen LogP contribution >= 0.6 is 22.7 Å². The molecular formula is C18H15N3O3S3. The Morgan fingerprint density at radius 2 is 2.07 bits per heavy atom. The Morgan fingerprint density at radius 1 is 1.22 bits per heavy atom. The van der Waals surface area contributed by atoms with Crippen LogP contribution in [0, 0.1) is 0 Å². The van der Waals surface area contributed by atoms with Gasteiger partial charge >= 0.3 is 0 Å². The number of fused-ring (bicyclic) bond motifs is 1. The molecule has 4 rings (SSSR count). The van der Waals surface area contributed by atoms with E-state index in [0.717, 1.165) is 33.6 Å². The number of carbonyl (C=O) groups excluding carboxylic acids is 1. The lowest BCUT2D eigenvalue weighted by Crippen LogP contribution is -2.26. The van der Waals surface area contributed by atoms with Gasteiger partial charge in [-0.3, -0.25) is 4.31 Å². The third-order valence-electron chi connectivity index (χ3n) is 4.16. The van der Waals surface area contributed by atoms with Gasteiger partial charge in [-0.2, -0.15) is 0 Å². The van der Waals surface area contributed by atoms with Crippen molar-refractivity contribution in [2.45, 2.75) is 10.6 Å². The third-order valence-corrected chi connectivity index (χ3v) is 8.23. The first-order chi connectivity index (χ1) is 13.0. The van der Waals surface area contributed by atoms with E-state index < -0.39 is 10.0 Å². The number of anilines is 1. The lowest BCUT2D eigenvalue weighted by molar-refractivity contribution is -0.107. The van der Waals surface area contributed by atoms with Crippen LogP contribution in [0.2, 0.25) is 0 Å². The van der Waals surface area contributed by atoms with Crippen LogP contribution in [-0.2, 0) is 21.2 Å². The zero-order valence-corrected chi connectivity index (χ0v) is 16.7. The monoisotopic (exact) mass is 417 g/mol. The molecule has 3 aromatic heterocycles. The van der Waals surface area contributed by atoms with E-state index in [-0.39, 0.29) is 6.42 Å². The Morgan fingerprint density at radius 3 is 2.81 bits per heavy atom. The molecule has 0 aliphatic heterocycles. The lowest BCUT2D eigenvalue weighted by atomic mass is 10.2. The number of aldehydes is 1. The van der Waals surface area contributed by atoms with Gasteiger partial charge in [0.2, 0.25) is 0 Å². The van der Waals surface area contributed by atoms with Crippen molar-refractivity contribution in [2.75, 3.05) is 11.4 Å². The van der Waals surface area contributed by atoms with Crippen LogP contribution in [0.15, 0.2) is 51.4 Å². The average Bonchev–Trinajstić information content (AvgIpc) is 3.39. The minimum atomic E-state index is -3.62. The second kappa shape index (κ2) is 6.91. The Hall–Kier alpha value is -2.49. The molecule has 0 spiro atoms. The molecule has 0 amide bonds. The molecule has 9 heteroatoms. The number of rotatable bonds is 6. The maximum atomic E-state index is 12.9. The third kappa shape index (κ3) is 3.18. The Bertz CT molecular complexity index is 1210. The molecular weight excluding hydrogens is 402 g/mol. The van der Waals surface area contributed by atoms with Gasteiger partial charge in [0, 0.05) is 24.2 Å². The zero-order valence-electron chi connectivity index (χ0n) is 14.2. The Labute approximate surface area is 164 Å². The summed E-state index contributed by atoms with van der Waals surface area (Å²) in [5.41, 5.74) is 2.81. The van der Waals surface area contributed by atoms with Crippen LogP contribution in [0.25, 0.3) is 21.6 Å². The highest BCUT2D eigenvalue weighted by Crippen LogP contribution is 2.34. The van der Waals surface area contributed by atoms with Crippen molar-refractivity contribution >= 4 is 55.6 Å². The smallest absolute Gasteiger partial charge is 0.273 e. The van der Waals surface area contributed by atoms with E-state index in [2.05, 4.69) is 9.97 Å². The molecule has 0 aliphatic rings. The van der Waals surface area contributed by atoms with Gasteiger partial charge < -0.3 is 9.78 Å². The second-order valence-corrected chi connectivity index (χ2v) is 9.85. The first kappa shape index (κ1) is 17.9. The fourth-order valence-corrected chi connectivity index (χ4v) is 5.97. The van der Waals surface area contributed by atoms with E-state index >= 15 is 0 Å². The zero-order chi connectivity index (χ0) is 19.0. The number of benzene rings is 1. The highest BCUT2D eigenvalue weighted by atomic mass is 32.2. The summed E-state index contributed by atoms with van der Waals surface area (Å²) >= 11 is 2.64. The number of nitrogens with one attached hydrogen (secondary N) is 1. The second-order valence-electron chi connectivity index (χ2n) is 5.84. The number of aromatic nitrogens is 2. The normalized spacial score (nSPS) is 11.7. The standard InChI is InChI=1S/C18H15N3O3S3/c1-21(27(23,24)16-6-3-9-25-16)15-5-2-4-12-10-14(20-17(12)15)18-19-13(7-8-22)11-26-18/h2-6,8-11,20H,7H2,1H3. The van der Waals surface area contributed by atoms with E-state index in [1.807, 2.05) is 23.6 Å². The first-order valence-corrected chi connectivity index (χ1v) is 11.2.